The first-order valence-corrected chi connectivity index (χ1v) is 10.8. The van der Waals surface area contributed by atoms with Gasteiger partial charge in [-0.05, 0) is 44.0 Å². The van der Waals surface area contributed by atoms with Crippen LogP contribution in [-0.2, 0) is 25.5 Å². The smallest absolute Gasteiger partial charge is 0.306 e. The van der Waals surface area contributed by atoms with Gasteiger partial charge in [0.1, 0.15) is 0 Å². The Morgan fingerprint density at radius 1 is 1.06 bits per heavy atom. The zero-order valence-electron chi connectivity index (χ0n) is 17.7. The summed E-state index contributed by atoms with van der Waals surface area (Å²) in [7, 11) is 0. The van der Waals surface area contributed by atoms with Crippen LogP contribution < -0.4 is 10.6 Å². The molecule has 0 saturated carbocycles. The molecule has 1 heterocycles. The number of amides is 2. The summed E-state index contributed by atoms with van der Waals surface area (Å²) in [5.41, 5.74) is 3.52. The summed E-state index contributed by atoms with van der Waals surface area (Å²) in [6.45, 7) is 5.07. The topological polar surface area (TPSA) is 97.4 Å². The van der Waals surface area contributed by atoms with Gasteiger partial charge in [-0.2, -0.15) is 0 Å². The molecule has 8 heteroatoms. The molecule has 7 nitrogen and oxygen atoms in total. The van der Waals surface area contributed by atoms with Gasteiger partial charge in [0.15, 0.2) is 6.10 Å². The SMILES string of the molecule is Cc1cccc(C)c1NC(=O)CNC(=O)[C@@H](C)OC(=O)CCc1nc2ccccc2s1. The highest BCUT2D eigenvalue weighted by molar-refractivity contribution is 7.18. The van der Waals surface area contributed by atoms with Crippen LogP contribution in [0.2, 0.25) is 0 Å². The lowest BCUT2D eigenvalue weighted by Gasteiger charge is -2.14. The number of rotatable bonds is 8. The van der Waals surface area contributed by atoms with Crippen molar-refractivity contribution >= 4 is 45.0 Å². The summed E-state index contributed by atoms with van der Waals surface area (Å²) in [4.78, 5) is 40.9. The Hall–Kier alpha value is -3.26. The second-order valence-corrected chi connectivity index (χ2v) is 8.36. The number of carbonyl (C=O) groups is 3. The Labute approximate surface area is 184 Å². The summed E-state index contributed by atoms with van der Waals surface area (Å²) in [6, 6.07) is 13.5. The quantitative estimate of drug-likeness (QED) is 0.523. The highest BCUT2D eigenvalue weighted by Gasteiger charge is 2.19. The number of hydrogen-bond donors (Lipinski definition) is 2. The third kappa shape index (κ3) is 6.11. The van der Waals surface area contributed by atoms with E-state index in [9.17, 15) is 14.4 Å². The van der Waals surface area contributed by atoms with Crippen molar-refractivity contribution in [3.05, 3.63) is 58.6 Å². The molecule has 3 rings (SSSR count). The number of esters is 1. The second-order valence-electron chi connectivity index (χ2n) is 7.24. The Bertz CT molecular complexity index is 1060. The van der Waals surface area contributed by atoms with Crippen molar-refractivity contribution in [3.8, 4) is 0 Å². The molecular weight excluding hydrogens is 414 g/mol. The minimum absolute atomic E-state index is 0.129. The Kier molecular flexibility index (Phi) is 7.36. The van der Waals surface area contributed by atoms with E-state index in [-0.39, 0.29) is 18.9 Å². The van der Waals surface area contributed by atoms with Crippen LogP contribution in [0.4, 0.5) is 5.69 Å². The van der Waals surface area contributed by atoms with Crippen molar-refractivity contribution < 1.29 is 19.1 Å². The van der Waals surface area contributed by atoms with Gasteiger partial charge in [-0.1, -0.05) is 30.3 Å². The van der Waals surface area contributed by atoms with E-state index >= 15 is 0 Å². The predicted octanol–water partition coefficient (Wildman–Crippen LogP) is 3.53. The molecule has 0 aliphatic rings. The summed E-state index contributed by atoms with van der Waals surface area (Å²) in [5.74, 6) is -1.35. The average molecular weight is 440 g/mol. The Balaban J connectivity index is 1.42. The first-order valence-electron chi connectivity index (χ1n) is 10.0. The summed E-state index contributed by atoms with van der Waals surface area (Å²) >= 11 is 1.54. The van der Waals surface area contributed by atoms with E-state index in [0.717, 1.165) is 32.0 Å². The fourth-order valence-corrected chi connectivity index (χ4v) is 4.02. The van der Waals surface area contributed by atoms with Crippen LogP contribution in [0.25, 0.3) is 10.2 Å². The van der Waals surface area contributed by atoms with E-state index in [0.29, 0.717) is 6.42 Å². The fraction of sp³-hybridized carbons (Fsp3) is 0.304. The number of nitrogens with one attached hydrogen (secondary N) is 2. The highest BCUT2D eigenvalue weighted by Crippen LogP contribution is 2.22. The van der Waals surface area contributed by atoms with Gasteiger partial charge >= 0.3 is 5.97 Å². The van der Waals surface area contributed by atoms with Crippen LogP contribution in [0.1, 0.15) is 29.5 Å². The number of benzene rings is 2. The van der Waals surface area contributed by atoms with Gasteiger partial charge in [-0.3, -0.25) is 14.4 Å². The van der Waals surface area contributed by atoms with Crippen LogP contribution in [-0.4, -0.2) is 35.4 Å². The van der Waals surface area contributed by atoms with Crippen LogP contribution in [0.15, 0.2) is 42.5 Å². The van der Waals surface area contributed by atoms with E-state index in [1.165, 1.54) is 18.3 Å². The molecule has 2 aromatic carbocycles. The van der Waals surface area contributed by atoms with Gasteiger partial charge in [0.2, 0.25) is 5.91 Å². The molecule has 1 aromatic heterocycles. The minimum atomic E-state index is -0.990. The molecule has 3 aromatic rings. The number of nitrogens with zero attached hydrogens (tertiary/aromatic N) is 1. The molecule has 0 unspecified atom stereocenters. The minimum Gasteiger partial charge on any atom is -0.453 e. The van der Waals surface area contributed by atoms with Gasteiger partial charge in [0.25, 0.3) is 5.91 Å². The summed E-state index contributed by atoms with van der Waals surface area (Å²) in [5, 5.41) is 6.14. The van der Waals surface area contributed by atoms with Crippen molar-refractivity contribution in [2.75, 3.05) is 11.9 Å². The molecule has 162 valence electrons. The number of aryl methyl sites for hydroxylation is 3. The van der Waals surface area contributed by atoms with Gasteiger partial charge in [0, 0.05) is 12.1 Å². The number of anilines is 1. The lowest BCUT2D eigenvalue weighted by atomic mass is 10.1. The van der Waals surface area contributed by atoms with Crippen LogP contribution in [0.3, 0.4) is 0 Å². The van der Waals surface area contributed by atoms with E-state index in [1.807, 2.05) is 56.3 Å². The molecule has 31 heavy (non-hydrogen) atoms. The number of para-hydroxylation sites is 2. The number of carbonyl (C=O) groups excluding carboxylic acids is 3. The van der Waals surface area contributed by atoms with Gasteiger partial charge in [0.05, 0.1) is 28.2 Å². The number of hydrogen-bond acceptors (Lipinski definition) is 6. The maximum absolute atomic E-state index is 12.2. The zero-order valence-corrected chi connectivity index (χ0v) is 18.5. The van der Waals surface area contributed by atoms with Crippen LogP contribution >= 0.6 is 11.3 Å². The lowest BCUT2D eigenvalue weighted by molar-refractivity contribution is -0.154. The first kappa shape index (κ1) is 22.4. The second kappa shape index (κ2) is 10.2. The molecule has 0 spiro atoms. The number of thiazole rings is 1. The average Bonchev–Trinajstić information content (AvgIpc) is 3.16. The predicted molar refractivity (Wildman–Crippen MR) is 121 cm³/mol. The third-order valence-corrected chi connectivity index (χ3v) is 5.82. The zero-order chi connectivity index (χ0) is 22.4. The van der Waals surface area contributed by atoms with Gasteiger partial charge in [-0.15, -0.1) is 11.3 Å². The number of fused-ring (bicyclic) bond motifs is 1. The standard InChI is InChI=1S/C23H25N3O4S/c1-14-7-6-8-15(2)22(14)26-19(27)13-24-23(29)16(3)30-21(28)12-11-20-25-17-9-4-5-10-18(17)31-20/h4-10,16H,11-13H2,1-3H3,(H,24,29)(H,26,27)/t16-/m1/s1. The first-order chi connectivity index (χ1) is 14.8. The largest absolute Gasteiger partial charge is 0.453 e. The van der Waals surface area contributed by atoms with E-state index in [2.05, 4.69) is 15.6 Å². The van der Waals surface area contributed by atoms with Crippen molar-refractivity contribution in [2.45, 2.75) is 39.7 Å². The van der Waals surface area contributed by atoms with Gasteiger partial charge in [-0.25, -0.2) is 4.98 Å². The van der Waals surface area contributed by atoms with Crippen LogP contribution in [0, 0.1) is 13.8 Å². The monoisotopic (exact) mass is 439 g/mol. The molecule has 2 N–H and O–H groups in total. The number of ether oxygens (including phenoxy) is 1. The Morgan fingerprint density at radius 3 is 2.48 bits per heavy atom. The van der Waals surface area contributed by atoms with E-state index in [1.54, 1.807) is 0 Å². The van der Waals surface area contributed by atoms with Crippen molar-refractivity contribution in [3.63, 3.8) is 0 Å². The normalized spacial score (nSPS) is 11.7. The van der Waals surface area contributed by atoms with E-state index < -0.39 is 18.0 Å². The van der Waals surface area contributed by atoms with Crippen molar-refractivity contribution in [1.29, 1.82) is 0 Å². The van der Waals surface area contributed by atoms with Crippen molar-refractivity contribution in [1.82, 2.24) is 10.3 Å². The highest BCUT2D eigenvalue weighted by atomic mass is 32.1. The number of aromatic nitrogens is 1. The lowest BCUT2D eigenvalue weighted by Crippen LogP contribution is -2.40. The molecule has 2 amide bonds. The van der Waals surface area contributed by atoms with Crippen molar-refractivity contribution in [2.24, 2.45) is 0 Å². The van der Waals surface area contributed by atoms with Gasteiger partial charge < -0.3 is 15.4 Å². The fourth-order valence-electron chi connectivity index (χ4n) is 3.05. The van der Waals surface area contributed by atoms with Crippen LogP contribution in [0.5, 0.6) is 0 Å². The molecule has 0 aliphatic carbocycles. The molecule has 0 radical (unpaired) electrons. The molecule has 0 saturated heterocycles. The molecule has 0 aliphatic heterocycles. The molecule has 0 bridgehead atoms. The summed E-state index contributed by atoms with van der Waals surface area (Å²) in [6.07, 6.45) is -0.411. The summed E-state index contributed by atoms with van der Waals surface area (Å²) < 4.78 is 6.26. The Morgan fingerprint density at radius 2 is 1.77 bits per heavy atom. The molecule has 1 atom stereocenters. The van der Waals surface area contributed by atoms with E-state index in [4.69, 9.17) is 4.74 Å². The maximum atomic E-state index is 12.2. The molecular formula is C23H25N3O4S. The molecule has 0 fully saturated rings. The third-order valence-electron chi connectivity index (χ3n) is 4.73. The maximum Gasteiger partial charge on any atom is 0.306 e.